The van der Waals surface area contributed by atoms with Crippen LogP contribution in [0.1, 0.15) is 36.4 Å². The van der Waals surface area contributed by atoms with Crippen LogP contribution in [-0.2, 0) is 9.84 Å². The Morgan fingerprint density at radius 2 is 2.05 bits per heavy atom. The van der Waals surface area contributed by atoms with Gasteiger partial charge >= 0.3 is 0 Å². The molecule has 0 saturated carbocycles. The van der Waals surface area contributed by atoms with Crippen LogP contribution >= 0.6 is 0 Å². The highest BCUT2D eigenvalue weighted by molar-refractivity contribution is 7.91. The average Bonchev–Trinajstić information content (AvgIpc) is 3.51. The summed E-state index contributed by atoms with van der Waals surface area (Å²) in [7, 11) is -3.67. The number of halogens is 1. The molecule has 0 aromatic carbocycles. The smallest absolute Gasteiger partial charge is 0.179 e. The van der Waals surface area contributed by atoms with Gasteiger partial charge in [0.1, 0.15) is 27.7 Å². The fourth-order valence-corrected chi connectivity index (χ4v) is 5.42. The molecule has 1 fully saturated rings. The van der Waals surface area contributed by atoms with Gasteiger partial charge in [-0.05, 0) is 38.0 Å². The van der Waals surface area contributed by atoms with Crippen LogP contribution in [0.3, 0.4) is 0 Å². The Morgan fingerprint density at radius 1 is 1.29 bits per heavy atom. The van der Waals surface area contributed by atoms with Gasteiger partial charge in [-0.2, -0.15) is 10.4 Å². The summed E-state index contributed by atoms with van der Waals surface area (Å²) in [4.78, 5) is 5.66. The molecule has 4 aromatic heterocycles. The molecule has 0 radical (unpaired) electrons. The van der Waals surface area contributed by atoms with Crippen molar-refractivity contribution >= 4 is 15.4 Å². The third-order valence-corrected chi connectivity index (χ3v) is 7.71. The zero-order chi connectivity index (χ0) is 27.0. The molecule has 0 aliphatic carbocycles. The fourth-order valence-electron chi connectivity index (χ4n) is 4.63. The quantitative estimate of drug-likeness (QED) is 0.345. The molecule has 1 aliphatic rings. The number of nitrogens with zero attached hydrogens (tertiary/aromatic N) is 8. The van der Waals surface area contributed by atoms with Gasteiger partial charge in [-0.3, -0.25) is 4.98 Å². The van der Waals surface area contributed by atoms with Crippen LogP contribution in [0.5, 0.6) is 5.75 Å². The molecule has 0 amide bonds. The first-order chi connectivity index (χ1) is 18.2. The van der Waals surface area contributed by atoms with Crippen LogP contribution in [0.2, 0.25) is 0 Å². The molecule has 0 spiro atoms. The van der Waals surface area contributed by atoms with E-state index in [-0.39, 0.29) is 27.9 Å². The van der Waals surface area contributed by atoms with E-state index in [2.05, 4.69) is 26.6 Å². The molecular weight excluding hydrogens is 515 g/mol. The van der Waals surface area contributed by atoms with Crippen LogP contribution in [0.4, 0.5) is 4.39 Å². The predicted octanol–water partition coefficient (Wildman–Crippen LogP) is 2.07. The summed E-state index contributed by atoms with van der Waals surface area (Å²) in [5.41, 5.74) is 2.36. The molecule has 1 N–H and O–H groups in total. The number of ether oxygens (including phenoxy) is 1. The Kier molecular flexibility index (Phi) is 6.72. The minimum absolute atomic E-state index is 0.0487. The van der Waals surface area contributed by atoms with E-state index in [1.807, 2.05) is 11.6 Å². The molecule has 1 saturated heterocycles. The summed E-state index contributed by atoms with van der Waals surface area (Å²) >= 11 is 0. The molecule has 198 valence electrons. The van der Waals surface area contributed by atoms with Crippen molar-refractivity contribution in [3.63, 3.8) is 0 Å². The minimum Gasteiger partial charge on any atom is -0.479 e. The number of aliphatic hydroxyl groups is 1. The van der Waals surface area contributed by atoms with E-state index in [0.29, 0.717) is 24.3 Å². The molecule has 5 rings (SSSR count). The number of nitriles is 1. The first kappa shape index (κ1) is 25.6. The van der Waals surface area contributed by atoms with Crippen molar-refractivity contribution in [3.05, 3.63) is 54.0 Å². The maximum atomic E-state index is 13.4. The van der Waals surface area contributed by atoms with Crippen LogP contribution < -0.4 is 4.74 Å². The van der Waals surface area contributed by atoms with Crippen molar-refractivity contribution in [1.82, 2.24) is 34.5 Å². The first-order valence-corrected chi connectivity index (χ1v) is 13.8. The number of likely N-dealkylation sites (tertiary alicyclic amines) is 1. The number of aromatic nitrogens is 6. The van der Waals surface area contributed by atoms with E-state index in [1.165, 1.54) is 22.8 Å². The Balaban J connectivity index is 1.58. The molecule has 12 nitrogen and oxygen atoms in total. The third kappa shape index (κ3) is 4.77. The lowest BCUT2D eigenvalue weighted by Crippen LogP contribution is -2.31. The molecule has 0 unspecified atom stereocenters. The SMILES string of the molecule is Cc1c(-c2cc(O[C@H](CO)c3ccc(F)cn3)c3c(S(C)(=O)=O)cnn3c2)nnn1C1CCN(C#N)CC1. The maximum Gasteiger partial charge on any atom is 0.179 e. The molecule has 38 heavy (non-hydrogen) atoms. The van der Waals surface area contributed by atoms with E-state index in [4.69, 9.17) is 10.00 Å². The van der Waals surface area contributed by atoms with E-state index < -0.39 is 28.4 Å². The van der Waals surface area contributed by atoms with Crippen LogP contribution in [0.25, 0.3) is 16.8 Å². The predicted molar refractivity (Wildman–Crippen MR) is 132 cm³/mol. The highest BCUT2D eigenvalue weighted by Gasteiger charge is 2.26. The largest absolute Gasteiger partial charge is 0.479 e. The third-order valence-electron chi connectivity index (χ3n) is 6.61. The molecule has 0 bridgehead atoms. The van der Waals surface area contributed by atoms with Crippen molar-refractivity contribution in [2.75, 3.05) is 26.0 Å². The molecule has 1 atom stereocenters. The Hall–Kier alpha value is -4.09. The molecule has 1 aliphatic heterocycles. The second-order valence-corrected chi connectivity index (χ2v) is 11.1. The monoisotopic (exact) mass is 540 g/mol. The summed E-state index contributed by atoms with van der Waals surface area (Å²) in [6.45, 7) is 2.68. The van der Waals surface area contributed by atoms with Crippen LogP contribution in [0.15, 0.2) is 41.7 Å². The van der Waals surface area contributed by atoms with Crippen molar-refractivity contribution in [2.24, 2.45) is 0 Å². The highest BCUT2D eigenvalue weighted by Crippen LogP contribution is 2.35. The number of aliphatic hydroxyl groups excluding tert-OH is 1. The highest BCUT2D eigenvalue weighted by atomic mass is 32.2. The maximum absolute atomic E-state index is 13.4. The molecule has 5 heterocycles. The zero-order valence-corrected chi connectivity index (χ0v) is 21.5. The summed E-state index contributed by atoms with van der Waals surface area (Å²) in [6.07, 6.45) is 7.63. The van der Waals surface area contributed by atoms with Crippen molar-refractivity contribution < 1.29 is 22.7 Å². The van der Waals surface area contributed by atoms with Gasteiger partial charge in [0, 0.05) is 31.1 Å². The van der Waals surface area contributed by atoms with Crippen molar-refractivity contribution in [3.8, 4) is 23.2 Å². The fraction of sp³-hybridized carbons (Fsp3) is 0.375. The zero-order valence-electron chi connectivity index (χ0n) is 20.7. The first-order valence-electron chi connectivity index (χ1n) is 11.9. The van der Waals surface area contributed by atoms with Gasteiger partial charge in [-0.25, -0.2) is 22.0 Å². The second-order valence-electron chi connectivity index (χ2n) is 9.14. The number of hydrogen-bond acceptors (Lipinski definition) is 10. The molecular formula is C24H25FN8O4S. The average molecular weight is 541 g/mol. The van der Waals surface area contributed by atoms with Gasteiger partial charge in [0.05, 0.1) is 36.4 Å². The van der Waals surface area contributed by atoms with Crippen molar-refractivity contribution in [1.29, 1.82) is 5.26 Å². The summed E-state index contributed by atoms with van der Waals surface area (Å²) < 4.78 is 47.7. The Bertz CT molecular complexity index is 1620. The minimum atomic E-state index is -3.67. The van der Waals surface area contributed by atoms with E-state index in [9.17, 15) is 17.9 Å². The van der Waals surface area contributed by atoms with Gasteiger partial charge in [-0.1, -0.05) is 5.21 Å². The van der Waals surface area contributed by atoms with E-state index in [1.54, 1.807) is 17.2 Å². The standard InChI is InChI=1S/C24H25FN8O4S/c1-15-23(29-30-33(15)18-5-7-31(14-26)8-6-18)16-9-20(24-22(38(2,35)36)11-28-32(24)12-16)37-21(13-34)19-4-3-17(25)10-27-19/h3-4,9-12,18,21,34H,5-8,13H2,1-2H3/t21-/m1/s1. The number of fused-ring (bicyclic) bond motifs is 1. The molecule has 14 heteroatoms. The number of pyridine rings is 2. The Labute approximate surface area is 217 Å². The number of rotatable bonds is 7. The normalized spacial score (nSPS) is 15.5. The van der Waals surface area contributed by atoms with Gasteiger partial charge in [0.2, 0.25) is 0 Å². The number of piperidine rings is 1. The van der Waals surface area contributed by atoms with Crippen LogP contribution in [0, 0.1) is 24.2 Å². The van der Waals surface area contributed by atoms with E-state index >= 15 is 0 Å². The summed E-state index contributed by atoms with van der Waals surface area (Å²) in [5, 5.41) is 32.1. The summed E-state index contributed by atoms with van der Waals surface area (Å²) in [6, 6.07) is 4.30. The number of hydrogen-bond donors (Lipinski definition) is 1. The topological polar surface area (TPSA) is 152 Å². The lowest BCUT2D eigenvalue weighted by molar-refractivity contribution is 0.114. The second kappa shape index (κ2) is 9.99. The van der Waals surface area contributed by atoms with E-state index in [0.717, 1.165) is 31.0 Å². The number of sulfone groups is 1. The Morgan fingerprint density at radius 3 is 2.68 bits per heavy atom. The van der Waals surface area contributed by atoms with Gasteiger partial charge < -0.3 is 14.7 Å². The van der Waals surface area contributed by atoms with Gasteiger partial charge in [-0.15, -0.1) is 5.10 Å². The van der Waals surface area contributed by atoms with Gasteiger partial charge in [0.25, 0.3) is 0 Å². The summed E-state index contributed by atoms with van der Waals surface area (Å²) in [5.74, 6) is -0.413. The lowest BCUT2D eigenvalue weighted by atomic mass is 10.0. The molecule has 4 aromatic rings. The van der Waals surface area contributed by atoms with Crippen molar-refractivity contribution in [2.45, 2.75) is 36.8 Å². The lowest BCUT2D eigenvalue weighted by Gasteiger charge is -2.28. The van der Waals surface area contributed by atoms with Gasteiger partial charge in [0.15, 0.2) is 22.1 Å². The van der Waals surface area contributed by atoms with Crippen LogP contribution in [-0.4, -0.2) is 74.0 Å².